The van der Waals surface area contributed by atoms with Crippen LogP contribution >= 0.6 is 7.82 Å². The molecule has 0 rings (SSSR count). The number of nitrogens with one attached hydrogen (secondary N) is 1. The first kappa shape index (κ1) is 73.2. The predicted octanol–water partition coefficient (Wildman–Crippen LogP) is 20.0. The molecule has 0 aromatic heterocycles. The van der Waals surface area contributed by atoms with E-state index in [4.69, 9.17) is 9.05 Å². The Kier molecular flexibility index (Phi) is 55.5. The maximum absolute atomic E-state index is 13.0. The molecule has 0 aliphatic carbocycles. The summed E-state index contributed by atoms with van der Waals surface area (Å²) in [5.74, 6) is -0.187. The van der Waals surface area contributed by atoms with Crippen molar-refractivity contribution in [2.24, 2.45) is 0 Å². The number of phosphoric acid groups is 1. The Labute approximate surface area is 466 Å². The van der Waals surface area contributed by atoms with Gasteiger partial charge in [0.1, 0.15) is 13.2 Å². The van der Waals surface area contributed by atoms with Crippen LogP contribution in [0.3, 0.4) is 0 Å². The smallest absolute Gasteiger partial charge is 0.387 e. The van der Waals surface area contributed by atoms with Gasteiger partial charge < -0.3 is 19.8 Å². The number of likely N-dealkylation sites (N-methyl/N-ethyl adjacent to an activating group) is 1. The first-order chi connectivity index (χ1) is 36.5. The summed E-state index contributed by atoms with van der Waals surface area (Å²) in [7, 11) is 1.55. The molecule has 0 radical (unpaired) electrons. The maximum atomic E-state index is 13.0. The van der Waals surface area contributed by atoms with Gasteiger partial charge in [0.2, 0.25) is 5.91 Å². The Morgan fingerprint density at radius 1 is 0.453 bits per heavy atom. The highest BCUT2D eigenvalue weighted by Crippen LogP contribution is 2.43. The predicted molar refractivity (Wildman–Crippen MR) is 327 cm³/mol. The molecule has 0 heterocycles. The molecule has 0 fully saturated rings. The van der Waals surface area contributed by atoms with Crippen LogP contribution in [0.5, 0.6) is 0 Å². The van der Waals surface area contributed by atoms with Gasteiger partial charge >= 0.3 is 7.82 Å². The van der Waals surface area contributed by atoms with E-state index in [-0.39, 0.29) is 19.1 Å². The van der Waals surface area contributed by atoms with Crippen LogP contribution in [-0.2, 0) is 18.4 Å². The number of quaternary nitrogens is 1. The number of carbonyl (C=O) groups is 1. The highest BCUT2D eigenvalue weighted by molar-refractivity contribution is 7.47. The van der Waals surface area contributed by atoms with Crippen LogP contribution in [0.1, 0.15) is 303 Å². The molecule has 0 aromatic rings. The first-order valence-electron chi connectivity index (χ1n) is 32.2. The molecule has 8 nitrogen and oxygen atoms in total. The van der Waals surface area contributed by atoms with Gasteiger partial charge in [-0.15, -0.1) is 0 Å². The molecule has 0 aliphatic heterocycles. The number of unbranched alkanes of at least 4 members (excludes halogenated alkanes) is 38. The van der Waals surface area contributed by atoms with E-state index in [1.807, 2.05) is 27.2 Å². The molecule has 0 spiro atoms. The van der Waals surface area contributed by atoms with Crippen molar-refractivity contribution in [2.45, 2.75) is 315 Å². The molecule has 440 valence electrons. The number of carbonyl (C=O) groups excluding carboxylic acids is 1. The van der Waals surface area contributed by atoms with Crippen LogP contribution in [0.4, 0.5) is 0 Å². The average Bonchev–Trinajstić information content (AvgIpc) is 3.37. The topological polar surface area (TPSA) is 105 Å². The summed E-state index contributed by atoms with van der Waals surface area (Å²) in [5, 5.41) is 13.9. The van der Waals surface area contributed by atoms with Crippen LogP contribution in [-0.4, -0.2) is 73.4 Å². The van der Waals surface area contributed by atoms with Gasteiger partial charge in [0, 0.05) is 6.42 Å². The number of hydrogen-bond acceptors (Lipinski definition) is 5. The zero-order chi connectivity index (χ0) is 54.9. The van der Waals surface area contributed by atoms with E-state index in [0.29, 0.717) is 17.4 Å². The SMILES string of the molecule is CCCCCCC/C=C\C/C=C\CCCCCCCCCCCCCCCCCCCCCCCCCC(=O)NC(COP(=O)(O)OCC[N+](C)(C)C)C(O)/C=C/CC/C=C/CC/C=C/CCCCCCCCCC. The van der Waals surface area contributed by atoms with Gasteiger partial charge in [0.25, 0.3) is 0 Å². The summed E-state index contributed by atoms with van der Waals surface area (Å²) in [4.78, 5) is 23.3. The molecular weight excluding hydrogens is 948 g/mol. The first-order valence-corrected chi connectivity index (χ1v) is 33.7. The molecule has 75 heavy (non-hydrogen) atoms. The second-order valence-corrected chi connectivity index (χ2v) is 24.6. The summed E-state index contributed by atoms with van der Waals surface area (Å²) in [6.45, 7) is 4.80. The lowest BCUT2D eigenvalue weighted by Crippen LogP contribution is -2.45. The molecule has 3 atom stereocenters. The summed E-state index contributed by atoms with van der Waals surface area (Å²) in [6.07, 6.45) is 77.9. The fourth-order valence-corrected chi connectivity index (χ4v) is 10.1. The molecular formula is C66H126N2O6P+. The van der Waals surface area contributed by atoms with E-state index >= 15 is 0 Å². The lowest BCUT2D eigenvalue weighted by molar-refractivity contribution is -0.870. The van der Waals surface area contributed by atoms with Gasteiger partial charge in [-0.2, -0.15) is 0 Å². The standard InChI is InChI=1S/C66H125N2O6P/c1-6-8-10-12-14-16-18-20-22-24-26-27-28-29-30-31-32-33-34-35-36-37-38-39-40-41-42-44-46-48-50-52-54-56-58-60-66(70)67-64(63-74-75(71,72)73-62-61-68(3,4)5)65(69)59-57-55-53-51-49-47-45-43-25-23-21-19-17-15-13-11-9-7-2/h18,20,24-26,43,49,51,57,59,64-65,69H,6-17,19,21-23,27-42,44-48,50,52-56,58,60-63H2,1-5H3,(H-,67,70,71,72)/p+1/b20-18-,26-24-,43-25+,51-49+,59-57+. The monoisotopic (exact) mass is 1070 g/mol. The Hall–Kier alpha value is -1.80. The number of hydrogen-bond donors (Lipinski definition) is 3. The number of rotatable bonds is 59. The van der Waals surface area contributed by atoms with E-state index in [1.54, 1.807) is 6.08 Å². The summed E-state index contributed by atoms with van der Waals surface area (Å²) < 4.78 is 23.7. The minimum atomic E-state index is -4.36. The Bertz CT molecular complexity index is 1400. The van der Waals surface area contributed by atoms with Gasteiger partial charge in [-0.1, -0.05) is 280 Å². The van der Waals surface area contributed by atoms with Crippen molar-refractivity contribution in [3.05, 3.63) is 60.8 Å². The molecule has 0 saturated carbocycles. The number of aliphatic hydroxyl groups is 1. The van der Waals surface area contributed by atoms with Crippen LogP contribution in [0.2, 0.25) is 0 Å². The normalized spacial score (nSPS) is 14.2. The molecule has 9 heteroatoms. The van der Waals surface area contributed by atoms with Crippen molar-refractivity contribution in [2.75, 3.05) is 40.9 Å². The van der Waals surface area contributed by atoms with E-state index in [9.17, 15) is 19.4 Å². The zero-order valence-corrected chi connectivity index (χ0v) is 51.2. The van der Waals surface area contributed by atoms with Crippen LogP contribution in [0.25, 0.3) is 0 Å². The molecule has 3 N–H and O–H groups in total. The fourth-order valence-electron chi connectivity index (χ4n) is 9.40. The zero-order valence-electron chi connectivity index (χ0n) is 50.3. The van der Waals surface area contributed by atoms with Gasteiger partial charge in [-0.05, 0) is 77.0 Å². The highest BCUT2D eigenvalue weighted by Gasteiger charge is 2.27. The summed E-state index contributed by atoms with van der Waals surface area (Å²) in [5.41, 5.74) is 0. The van der Waals surface area contributed by atoms with Crippen molar-refractivity contribution in [3.8, 4) is 0 Å². The quantitative estimate of drug-likeness (QED) is 0.0243. The number of phosphoric ester groups is 1. The molecule has 0 bridgehead atoms. The number of nitrogens with zero attached hydrogens (tertiary/aromatic N) is 1. The third-order valence-electron chi connectivity index (χ3n) is 14.4. The van der Waals surface area contributed by atoms with Crippen LogP contribution < -0.4 is 5.32 Å². The second-order valence-electron chi connectivity index (χ2n) is 23.1. The molecule has 3 unspecified atom stereocenters. The molecule has 1 amide bonds. The van der Waals surface area contributed by atoms with Gasteiger partial charge in [-0.25, -0.2) is 4.57 Å². The molecule has 0 aromatic carbocycles. The van der Waals surface area contributed by atoms with Gasteiger partial charge in [-0.3, -0.25) is 13.8 Å². The van der Waals surface area contributed by atoms with Crippen molar-refractivity contribution >= 4 is 13.7 Å². The van der Waals surface area contributed by atoms with Crippen molar-refractivity contribution in [1.29, 1.82) is 0 Å². The summed E-state index contributed by atoms with van der Waals surface area (Å²) in [6, 6.07) is -0.870. The van der Waals surface area contributed by atoms with E-state index in [1.165, 1.54) is 231 Å². The van der Waals surface area contributed by atoms with Crippen molar-refractivity contribution in [3.63, 3.8) is 0 Å². The largest absolute Gasteiger partial charge is 0.472 e. The van der Waals surface area contributed by atoms with Gasteiger partial charge in [0.15, 0.2) is 0 Å². The van der Waals surface area contributed by atoms with Crippen LogP contribution in [0.15, 0.2) is 60.8 Å². The Balaban J connectivity index is 4.04. The molecule has 0 saturated heterocycles. The van der Waals surface area contributed by atoms with E-state index in [2.05, 4.69) is 67.8 Å². The number of aliphatic hydroxyl groups excluding tert-OH is 1. The number of amides is 1. The Morgan fingerprint density at radius 2 is 0.773 bits per heavy atom. The Morgan fingerprint density at radius 3 is 1.15 bits per heavy atom. The third-order valence-corrected chi connectivity index (χ3v) is 15.4. The van der Waals surface area contributed by atoms with Gasteiger partial charge in [0.05, 0.1) is 39.9 Å². The third kappa shape index (κ3) is 59.7. The maximum Gasteiger partial charge on any atom is 0.472 e. The van der Waals surface area contributed by atoms with E-state index in [0.717, 1.165) is 51.4 Å². The fraction of sp³-hybridized carbons (Fsp3) is 0.833. The van der Waals surface area contributed by atoms with Crippen molar-refractivity contribution < 1.29 is 32.9 Å². The van der Waals surface area contributed by atoms with Crippen molar-refractivity contribution in [1.82, 2.24) is 5.32 Å². The average molecular weight is 1070 g/mol. The lowest BCUT2D eigenvalue weighted by atomic mass is 10.0. The minimum absolute atomic E-state index is 0.0536. The molecule has 0 aliphatic rings. The second kappa shape index (κ2) is 56.9. The minimum Gasteiger partial charge on any atom is -0.387 e. The van der Waals surface area contributed by atoms with E-state index < -0.39 is 20.0 Å². The number of allylic oxidation sites excluding steroid dienone is 9. The van der Waals surface area contributed by atoms with Crippen LogP contribution in [0, 0.1) is 0 Å². The summed E-state index contributed by atoms with van der Waals surface area (Å²) >= 11 is 0. The highest BCUT2D eigenvalue weighted by atomic mass is 31.2. The lowest BCUT2D eigenvalue weighted by Gasteiger charge is -2.25.